The number of carbonyl (C=O) groups is 2. The van der Waals surface area contributed by atoms with Crippen LogP contribution >= 0.6 is 11.3 Å². The molecule has 0 bridgehead atoms. The van der Waals surface area contributed by atoms with Crippen molar-refractivity contribution in [2.24, 2.45) is 11.3 Å². The summed E-state index contributed by atoms with van der Waals surface area (Å²) in [5.41, 5.74) is 3.31. The molecule has 1 aliphatic heterocycles. The van der Waals surface area contributed by atoms with Gasteiger partial charge in [0.2, 0.25) is 11.8 Å². The monoisotopic (exact) mass is 482 g/mol. The third kappa shape index (κ3) is 6.50. The number of thiophene rings is 1. The molecular formula is C29H42N2O2S. The number of aryl methyl sites for hydroxylation is 1. The number of hydrogen-bond acceptors (Lipinski definition) is 3. The second kappa shape index (κ2) is 10.2. The molecular weight excluding hydrogens is 440 g/mol. The molecule has 0 N–H and O–H groups in total. The van der Waals surface area contributed by atoms with Gasteiger partial charge in [0.1, 0.15) is 6.54 Å². The zero-order valence-electron chi connectivity index (χ0n) is 22.3. The van der Waals surface area contributed by atoms with Crippen LogP contribution in [0.15, 0.2) is 35.7 Å². The van der Waals surface area contributed by atoms with Crippen molar-refractivity contribution < 1.29 is 9.59 Å². The summed E-state index contributed by atoms with van der Waals surface area (Å²) in [6.07, 6.45) is 2.32. The average molecular weight is 483 g/mol. The lowest BCUT2D eigenvalue weighted by Gasteiger charge is -2.41. The highest BCUT2D eigenvalue weighted by atomic mass is 32.1. The quantitative estimate of drug-likeness (QED) is 0.464. The van der Waals surface area contributed by atoms with Crippen molar-refractivity contribution in [3.05, 3.63) is 57.3 Å². The summed E-state index contributed by atoms with van der Waals surface area (Å²) in [7, 11) is 0. The van der Waals surface area contributed by atoms with E-state index in [4.69, 9.17) is 0 Å². The van der Waals surface area contributed by atoms with E-state index in [0.717, 1.165) is 18.4 Å². The SMILES string of the molecule is Cc1ccc(C2c3ccsc3CCN2C(=O)CN(C(=O)CC(C)CC(C)(C)C)C(C)(C)C)cc1. The molecule has 0 fully saturated rings. The fourth-order valence-corrected chi connectivity index (χ4v) is 6.05. The Kier molecular flexibility index (Phi) is 7.96. The molecule has 3 rings (SSSR count). The van der Waals surface area contributed by atoms with Gasteiger partial charge in [-0.1, -0.05) is 57.5 Å². The lowest BCUT2D eigenvalue weighted by atomic mass is 9.84. The van der Waals surface area contributed by atoms with Crippen LogP contribution in [0.2, 0.25) is 0 Å². The molecule has 2 heterocycles. The lowest BCUT2D eigenvalue weighted by Crippen LogP contribution is -2.52. The van der Waals surface area contributed by atoms with Crippen molar-refractivity contribution in [3.63, 3.8) is 0 Å². The van der Waals surface area contributed by atoms with Crippen molar-refractivity contribution in [1.82, 2.24) is 9.80 Å². The predicted octanol–water partition coefficient (Wildman–Crippen LogP) is 6.62. The number of fused-ring (bicyclic) bond motifs is 1. The maximum atomic E-state index is 13.8. The summed E-state index contributed by atoms with van der Waals surface area (Å²) in [5.74, 6) is 0.364. The van der Waals surface area contributed by atoms with E-state index >= 15 is 0 Å². The van der Waals surface area contributed by atoms with Crippen LogP contribution in [-0.2, 0) is 16.0 Å². The first kappa shape index (κ1) is 26.5. The van der Waals surface area contributed by atoms with Gasteiger partial charge < -0.3 is 9.80 Å². The Bertz CT molecular complexity index is 994. The van der Waals surface area contributed by atoms with E-state index < -0.39 is 5.54 Å². The minimum absolute atomic E-state index is 0.0224. The summed E-state index contributed by atoms with van der Waals surface area (Å²) in [4.78, 5) is 32.3. The maximum absolute atomic E-state index is 13.8. The van der Waals surface area contributed by atoms with E-state index in [1.54, 1.807) is 16.2 Å². The van der Waals surface area contributed by atoms with Crippen molar-refractivity contribution in [3.8, 4) is 0 Å². The minimum atomic E-state index is -0.420. The van der Waals surface area contributed by atoms with E-state index in [2.05, 4.69) is 70.3 Å². The number of carbonyl (C=O) groups excluding carboxylic acids is 2. The van der Waals surface area contributed by atoms with Gasteiger partial charge in [0.25, 0.3) is 0 Å². The Labute approximate surface area is 210 Å². The highest BCUT2D eigenvalue weighted by Crippen LogP contribution is 2.38. The topological polar surface area (TPSA) is 40.6 Å². The lowest BCUT2D eigenvalue weighted by molar-refractivity contribution is -0.146. The van der Waals surface area contributed by atoms with Crippen LogP contribution in [0.4, 0.5) is 0 Å². The molecule has 2 unspecified atom stereocenters. The van der Waals surface area contributed by atoms with Gasteiger partial charge in [-0.3, -0.25) is 9.59 Å². The van der Waals surface area contributed by atoms with Gasteiger partial charge in [0.05, 0.1) is 6.04 Å². The number of rotatable bonds is 6. The summed E-state index contributed by atoms with van der Waals surface area (Å²) in [6, 6.07) is 10.5. The summed E-state index contributed by atoms with van der Waals surface area (Å²) >= 11 is 1.77. The molecule has 1 aromatic carbocycles. The van der Waals surface area contributed by atoms with Gasteiger partial charge in [0.15, 0.2) is 0 Å². The van der Waals surface area contributed by atoms with E-state index in [-0.39, 0.29) is 35.7 Å². The highest BCUT2D eigenvalue weighted by molar-refractivity contribution is 7.10. The number of hydrogen-bond donors (Lipinski definition) is 0. The minimum Gasteiger partial charge on any atom is -0.330 e. The molecule has 2 amide bonds. The first-order valence-electron chi connectivity index (χ1n) is 12.5. The van der Waals surface area contributed by atoms with Crippen LogP contribution in [0.1, 0.15) is 88.9 Å². The zero-order valence-corrected chi connectivity index (χ0v) is 23.1. The van der Waals surface area contributed by atoms with Gasteiger partial charge in [-0.05, 0) is 74.4 Å². The fraction of sp³-hybridized carbons (Fsp3) is 0.586. The van der Waals surface area contributed by atoms with Gasteiger partial charge in [-0.2, -0.15) is 0 Å². The van der Waals surface area contributed by atoms with Gasteiger partial charge in [0, 0.05) is 23.4 Å². The van der Waals surface area contributed by atoms with Crippen molar-refractivity contribution in [2.75, 3.05) is 13.1 Å². The van der Waals surface area contributed by atoms with Crippen LogP contribution in [0.3, 0.4) is 0 Å². The molecule has 34 heavy (non-hydrogen) atoms. The number of nitrogens with zero attached hydrogens (tertiary/aromatic N) is 2. The first-order valence-corrected chi connectivity index (χ1v) is 13.4. The van der Waals surface area contributed by atoms with Crippen LogP contribution in [0.5, 0.6) is 0 Å². The van der Waals surface area contributed by atoms with Crippen LogP contribution in [-0.4, -0.2) is 40.2 Å². The summed E-state index contributed by atoms with van der Waals surface area (Å²) in [6.45, 7) is 17.7. The molecule has 1 aromatic heterocycles. The molecule has 5 heteroatoms. The third-order valence-electron chi connectivity index (χ3n) is 6.57. The molecule has 0 aliphatic carbocycles. The molecule has 0 radical (unpaired) electrons. The standard InChI is InChI=1S/C29H42N2O2S/c1-20-9-11-22(12-10-20)27-23-14-16-34-24(23)13-15-30(27)26(33)19-31(29(6,7)8)25(32)17-21(2)18-28(3,4)5/h9-12,14,16,21,27H,13,15,17-19H2,1-8H3. The van der Waals surface area contributed by atoms with Gasteiger partial charge in [-0.25, -0.2) is 0 Å². The number of benzene rings is 1. The molecule has 1 aliphatic rings. The van der Waals surface area contributed by atoms with E-state index in [1.807, 2.05) is 25.7 Å². The van der Waals surface area contributed by atoms with E-state index in [1.165, 1.54) is 16.0 Å². The molecule has 186 valence electrons. The maximum Gasteiger partial charge on any atom is 0.243 e. The number of amides is 2. The smallest absolute Gasteiger partial charge is 0.243 e. The van der Waals surface area contributed by atoms with Gasteiger partial charge in [-0.15, -0.1) is 11.3 Å². The van der Waals surface area contributed by atoms with Crippen LogP contribution < -0.4 is 0 Å². The molecule has 0 saturated carbocycles. The summed E-state index contributed by atoms with van der Waals surface area (Å²) in [5, 5.41) is 2.13. The second-order valence-electron chi connectivity index (χ2n) is 12.2. The Hall–Kier alpha value is -2.14. The van der Waals surface area contributed by atoms with Crippen LogP contribution in [0.25, 0.3) is 0 Å². The largest absolute Gasteiger partial charge is 0.330 e. The second-order valence-corrected chi connectivity index (χ2v) is 13.2. The van der Waals surface area contributed by atoms with Crippen molar-refractivity contribution in [2.45, 2.75) is 86.2 Å². The van der Waals surface area contributed by atoms with Gasteiger partial charge >= 0.3 is 0 Å². The fourth-order valence-electron chi connectivity index (χ4n) is 5.14. The molecule has 4 nitrogen and oxygen atoms in total. The Morgan fingerprint density at radius 2 is 1.74 bits per heavy atom. The Morgan fingerprint density at radius 1 is 1.09 bits per heavy atom. The molecule has 0 saturated heterocycles. The van der Waals surface area contributed by atoms with Crippen LogP contribution in [0, 0.1) is 18.3 Å². The Balaban J connectivity index is 1.84. The van der Waals surface area contributed by atoms with Crippen molar-refractivity contribution in [1.29, 1.82) is 0 Å². The van der Waals surface area contributed by atoms with E-state index in [9.17, 15) is 9.59 Å². The molecule has 2 atom stereocenters. The normalized spacial score (nSPS) is 17.3. The molecule has 0 spiro atoms. The zero-order chi connectivity index (χ0) is 25.3. The molecule has 2 aromatic rings. The predicted molar refractivity (Wildman–Crippen MR) is 142 cm³/mol. The third-order valence-corrected chi connectivity index (χ3v) is 7.56. The summed E-state index contributed by atoms with van der Waals surface area (Å²) < 4.78 is 0. The highest BCUT2D eigenvalue weighted by Gasteiger charge is 2.36. The van der Waals surface area contributed by atoms with E-state index in [0.29, 0.717) is 13.0 Å². The average Bonchev–Trinajstić information content (AvgIpc) is 3.18. The Morgan fingerprint density at radius 3 is 2.32 bits per heavy atom. The first-order chi connectivity index (χ1) is 15.8. The van der Waals surface area contributed by atoms with Crippen molar-refractivity contribution >= 4 is 23.2 Å².